The highest BCUT2D eigenvalue weighted by molar-refractivity contribution is 5.91. The first-order valence-electron chi connectivity index (χ1n) is 5.18. The van der Waals surface area contributed by atoms with Gasteiger partial charge in [-0.3, -0.25) is 0 Å². The molecule has 0 unspecified atom stereocenters. The normalized spacial score (nSPS) is 10.0. The van der Waals surface area contributed by atoms with Crippen molar-refractivity contribution in [1.82, 2.24) is 0 Å². The van der Waals surface area contributed by atoms with Crippen molar-refractivity contribution in [3.05, 3.63) is 29.3 Å². The third-order valence-electron chi connectivity index (χ3n) is 2.16. The van der Waals surface area contributed by atoms with E-state index in [-0.39, 0.29) is 11.7 Å². The lowest BCUT2D eigenvalue weighted by Crippen LogP contribution is -2.08. The van der Waals surface area contributed by atoms with E-state index in [2.05, 4.69) is 0 Å². The van der Waals surface area contributed by atoms with Crippen LogP contribution >= 0.6 is 0 Å². The summed E-state index contributed by atoms with van der Waals surface area (Å²) >= 11 is 0. The Balaban J connectivity index is 2.92. The standard InChI is InChI=1S/C12H16O3/c1-3-8-15-12(14)10-6-5-7-11(13)9(10)4-2/h5-7,13H,3-4,8H2,1-2H3. The van der Waals surface area contributed by atoms with Crippen LogP contribution in [-0.2, 0) is 11.2 Å². The summed E-state index contributed by atoms with van der Waals surface area (Å²) in [5.74, 6) is -0.201. The SMILES string of the molecule is CCCOC(=O)c1cccc(O)c1CC. The Morgan fingerprint density at radius 3 is 2.73 bits per heavy atom. The average molecular weight is 208 g/mol. The van der Waals surface area contributed by atoms with Crippen LogP contribution in [0, 0.1) is 0 Å². The van der Waals surface area contributed by atoms with E-state index in [1.165, 1.54) is 0 Å². The molecule has 0 bridgehead atoms. The van der Waals surface area contributed by atoms with E-state index in [1.807, 2.05) is 13.8 Å². The highest BCUT2D eigenvalue weighted by atomic mass is 16.5. The number of rotatable bonds is 4. The minimum absolute atomic E-state index is 0.156. The number of carbonyl (C=O) groups excluding carboxylic acids is 1. The van der Waals surface area contributed by atoms with Crippen molar-refractivity contribution in [3.8, 4) is 5.75 Å². The summed E-state index contributed by atoms with van der Waals surface area (Å²) in [5, 5.41) is 9.56. The fourth-order valence-electron chi connectivity index (χ4n) is 1.41. The first kappa shape index (κ1) is 11.6. The topological polar surface area (TPSA) is 46.5 Å². The van der Waals surface area contributed by atoms with Crippen LogP contribution in [-0.4, -0.2) is 17.7 Å². The molecule has 1 N–H and O–H groups in total. The molecule has 0 aliphatic rings. The zero-order valence-corrected chi connectivity index (χ0v) is 9.12. The van der Waals surface area contributed by atoms with Gasteiger partial charge >= 0.3 is 5.97 Å². The molecule has 0 aliphatic carbocycles. The quantitative estimate of drug-likeness (QED) is 0.773. The number of phenolic OH excluding ortho intramolecular Hbond substituents is 1. The lowest BCUT2D eigenvalue weighted by atomic mass is 10.0. The Kier molecular flexibility index (Phi) is 4.16. The van der Waals surface area contributed by atoms with Crippen molar-refractivity contribution in [2.45, 2.75) is 26.7 Å². The predicted molar refractivity (Wildman–Crippen MR) is 58.1 cm³/mol. The molecule has 0 amide bonds. The summed E-state index contributed by atoms with van der Waals surface area (Å²) in [7, 11) is 0. The molecule has 3 heteroatoms. The molecule has 3 nitrogen and oxygen atoms in total. The number of carbonyl (C=O) groups is 1. The van der Waals surface area contributed by atoms with Crippen LogP contribution in [0.4, 0.5) is 0 Å². The largest absolute Gasteiger partial charge is 0.508 e. The van der Waals surface area contributed by atoms with E-state index in [0.29, 0.717) is 24.2 Å². The second kappa shape index (κ2) is 5.39. The lowest BCUT2D eigenvalue weighted by Gasteiger charge is -2.08. The highest BCUT2D eigenvalue weighted by Gasteiger charge is 2.13. The van der Waals surface area contributed by atoms with E-state index < -0.39 is 0 Å². The molecule has 0 heterocycles. The van der Waals surface area contributed by atoms with Crippen LogP contribution in [0.3, 0.4) is 0 Å². The Bertz CT molecular complexity index is 345. The number of benzene rings is 1. The van der Waals surface area contributed by atoms with Gasteiger partial charge in [0.1, 0.15) is 5.75 Å². The van der Waals surface area contributed by atoms with Crippen LogP contribution in [0.5, 0.6) is 5.75 Å². The molecular weight excluding hydrogens is 192 g/mol. The minimum Gasteiger partial charge on any atom is -0.508 e. The van der Waals surface area contributed by atoms with Crippen molar-refractivity contribution in [1.29, 1.82) is 0 Å². The number of hydrogen-bond acceptors (Lipinski definition) is 3. The van der Waals surface area contributed by atoms with Crippen molar-refractivity contribution < 1.29 is 14.6 Å². The highest BCUT2D eigenvalue weighted by Crippen LogP contribution is 2.22. The predicted octanol–water partition coefficient (Wildman–Crippen LogP) is 2.52. The van der Waals surface area contributed by atoms with E-state index in [1.54, 1.807) is 18.2 Å². The average Bonchev–Trinajstić information content (AvgIpc) is 2.25. The summed E-state index contributed by atoms with van der Waals surface area (Å²) in [6.07, 6.45) is 1.41. The van der Waals surface area contributed by atoms with Gasteiger partial charge in [0.2, 0.25) is 0 Å². The van der Waals surface area contributed by atoms with E-state index in [9.17, 15) is 9.90 Å². The van der Waals surface area contributed by atoms with E-state index in [0.717, 1.165) is 6.42 Å². The zero-order chi connectivity index (χ0) is 11.3. The van der Waals surface area contributed by atoms with Crippen molar-refractivity contribution in [3.63, 3.8) is 0 Å². The summed E-state index contributed by atoms with van der Waals surface area (Å²) in [6, 6.07) is 4.91. The number of ether oxygens (including phenoxy) is 1. The molecule has 0 fully saturated rings. The third kappa shape index (κ3) is 2.72. The molecule has 0 radical (unpaired) electrons. The van der Waals surface area contributed by atoms with Crippen molar-refractivity contribution >= 4 is 5.97 Å². The Morgan fingerprint density at radius 1 is 1.40 bits per heavy atom. The maximum atomic E-state index is 11.6. The molecule has 82 valence electrons. The van der Waals surface area contributed by atoms with Crippen LogP contribution in [0.15, 0.2) is 18.2 Å². The summed E-state index contributed by atoms with van der Waals surface area (Å²) in [6.45, 7) is 4.25. The van der Waals surface area contributed by atoms with E-state index >= 15 is 0 Å². The van der Waals surface area contributed by atoms with Crippen molar-refractivity contribution in [2.75, 3.05) is 6.61 Å². The molecule has 1 rings (SSSR count). The lowest BCUT2D eigenvalue weighted by molar-refractivity contribution is 0.0503. The van der Waals surface area contributed by atoms with Crippen LogP contribution in [0.1, 0.15) is 36.2 Å². The number of aromatic hydroxyl groups is 1. The van der Waals surface area contributed by atoms with Gasteiger partial charge in [-0.15, -0.1) is 0 Å². The summed E-state index contributed by atoms with van der Waals surface area (Å²) in [4.78, 5) is 11.6. The molecule has 0 atom stereocenters. The smallest absolute Gasteiger partial charge is 0.338 e. The Morgan fingerprint density at radius 2 is 2.13 bits per heavy atom. The number of esters is 1. The fourth-order valence-corrected chi connectivity index (χ4v) is 1.41. The van der Waals surface area contributed by atoms with Crippen LogP contribution in [0.25, 0.3) is 0 Å². The van der Waals surface area contributed by atoms with Gasteiger partial charge in [-0.1, -0.05) is 19.9 Å². The monoisotopic (exact) mass is 208 g/mol. The molecular formula is C12H16O3. The Hall–Kier alpha value is -1.51. The molecule has 0 aromatic heterocycles. The van der Waals surface area contributed by atoms with Crippen LogP contribution < -0.4 is 0 Å². The molecule has 0 saturated heterocycles. The van der Waals surface area contributed by atoms with Gasteiger partial charge < -0.3 is 9.84 Å². The summed E-state index contributed by atoms with van der Waals surface area (Å²) in [5.41, 5.74) is 1.12. The molecule has 0 spiro atoms. The van der Waals surface area contributed by atoms with Gasteiger partial charge in [0.15, 0.2) is 0 Å². The van der Waals surface area contributed by atoms with E-state index in [4.69, 9.17) is 4.74 Å². The molecule has 15 heavy (non-hydrogen) atoms. The number of hydrogen-bond donors (Lipinski definition) is 1. The second-order valence-electron chi connectivity index (χ2n) is 3.29. The van der Waals surface area contributed by atoms with Gasteiger partial charge in [0.25, 0.3) is 0 Å². The molecule has 0 saturated carbocycles. The molecule has 0 aliphatic heterocycles. The van der Waals surface area contributed by atoms with Gasteiger partial charge in [-0.25, -0.2) is 4.79 Å². The van der Waals surface area contributed by atoms with Gasteiger partial charge in [-0.2, -0.15) is 0 Å². The number of phenols is 1. The van der Waals surface area contributed by atoms with Crippen molar-refractivity contribution in [2.24, 2.45) is 0 Å². The molecule has 1 aromatic carbocycles. The Labute approximate surface area is 89.7 Å². The molecule has 1 aromatic rings. The minimum atomic E-state index is -0.357. The third-order valence-corrected chi connectivity index (χ3v) is 2.16. The summed E-state index contributed by atoms with van der Waals surface area (Å²) < 4.78 is 5.02. The fraction of sp³-hybridized carbons (Fsp3) is 0.417. The van der Waals surface area contributed by atoms with Gasteiger partial charge in [0, 0.05) is 5.56 Å². The van der Waals surface area contributed by atoms with Gasteiger partial charge in [0.05, 0.1) is 12.2 Å². The first-order chi connectivity index (χ1) is 7.20. The first-order valence-corrected chi connectivity index (χ1v) is 5.18. The maximum Gasteiger partial charge on any atom is 0.338 e. The zero-order valence-electron chi connectivity index (χ0n) is 9.12. The second-order valence-corrected chi connectivity index (χ2v) is 3.29. The van der Waals surface area contributed by atoms with Crippen LogP contribution in [0.2, 0.25) is 0 Å². The van der Waals surface area contributed by atoms with Gasteiger partial charge in [-0.05, 0) is 25.0 Å². The maximum absolute atomic E-state index is 11.6.